The van der Waals surface area contributed by atoms with Crippen molar-refractivity contribution < 1.29 is 34.8 Å². The molecule has 0 saturated carbocycles. The summed E-state index contributed by atoms with van der Waals surface area (Å²) in [6, 6.07) is 7.27. The van der Waals surface area contributed by atoms with E-state index < -0.39 is 44.3 Å². The minimum absolute atomic E-state index is 0. The second-order valence-electron chi connectivity index (χ2n) is 6.92. The number of aromatic carboxylic acids is 1. The van der Waals surface area contributed by atoms with E-state index in [-0.39, 0.29) is 18.9 Å². The number of para-hydroxylation sites is 2. The molecule has 184 valence electrons. The van der Waals surface area contributed by atoms with E-state index >= 15 is 0 Å². The van der Waals surface area contributed by atoms with Crippen molar-refractivity contribution in [3.05, 3.63) is 67.8 Å². The van der Waals surface area contributed by atoms with Crippen LogP contribution in [0.4, 0.5) is 11.4 Å². The van der Waals surface area contributed by atoms with E-state index in [2.05, 4.69) is 5.32 Å². The molecule has 2 saturated heterocycles. The number of aromatic hydroxyl groups is 2. The van der Waals surface area contributed by atoms with Crippen molar-refractivity contribution in [3.63, 3.8) is 0 Å². The number of nitro benzene ring substituents is 2. The molecule has 1 amide bonds. The van der Waals surface area contributed by atoms with Gasteiger partial charge in [0.25, 0.3) is 5.91 Å². The van der Waals surface area contributed by atoms with Crippen LogP contribution in [0.5, 0.6) is 11.5 Å². The lowest BCUT2D eigenvalue weighted by Crippen LogP contribution is -2.42. The van der Waals surface area contributed by atoms with Crippen LogP contribution >= 0.6 is 0 Å². The van der Waals surface area contributed by atoms with E-state index in [1.54, 1.807) is 4.90 Å². The number of amides is 1. The highest BCUT2D eigenvalue weighted by Gasteiger charge is 2.27. The number of nitrogens with zero attached hydrogens (tertiary/aromatic N) is 3. The summed E-state index contributed by atoms with van der Waals surface area (Å²) in [4.78, 5) is 43.0. The van der Waals surface area contributed by atoms with E-state index in [0.717, 1.165) is 18.6 Å². The molecule has 4 N–H and O–H groups in total. The van der Waals surface area contributed by atoms with Gasteiger partial charge in [0.1, 0.15) is 5.56 Å². The number of nitrogens with one attached hydrogen (secondary N) is 1. The molecule has 2 aromatic rings. The van der Waals surface area contributed by atoms with E-state index in [1.807, 2.05) is 0 Å². The molecule has 0 atom stereocenters. The maximum absolute atomic E-state index is 11.8. The number of carbonyl (C=O) groups excluding carboxylic acids is 1. The number of carbonyl (C=O) groups is 2. The molecular formula is C21H26N4O9. The first-order chi connectivity index (χ1) is 15.6. The first kappa shape index (κ1) is 27.8. The third-order valence-corrected chi connectivity index (χ3v) is 4.73. The van der Waals surface area contributed by atoms with Crippen LogP contribution in [0.1, 0.15) is 41.0 Å². The molecular weight excluding hydrogens is 452 g/mol. The third-order valence-electron chi connectivity index (χ3n) is 4.73. The summed E-state index contributed by atoms with van der Waals surface area (Å²) in [5.74, 6) is -3.13. The number of hydrogen-bond donors (Lipinski definition) is 4. The molecule has 0 bridgehead atoms. The lowest BCUT2D eigenvalue weighted by atomic mass is 10.1. The Hall–Kier alpha value is -4.26. The zero-order chi connectivity index (χ0) is 24.5. The molecule has 2 aliphatic rings. The summed E-state index contributed by atoms with van der Waals surface area (Å²) in [5.41, 5.74) is -1.53. The molecule has 2 heterocycles. The highest BCUT2D eigenvalue weighted by atomic mass is 16.6. The molecule has 0 aliphatic carbocycles. The predicted octanol–water partition coefficient (Wildman–Crippen LogP) is 2.76. The van der Waals surface area contributed by atoms with Crippen molar-refractivity contribution in [2.75, 3.05) is 26.2 Å². The van der Waals surface area contributed by atoms with Gasteiger partial charge in [-0.05, 0) is 38.1 Å². The van der Waals surface area contributed by atoms with Gasteiger partial charge in [0.2, 0.25) is 11.5 Å². The molecule has 0 aromatic heterocycles. The molecule has 2 aromatic carbocycles. The number of phenols is 2. The largest absolute Gasteiger partial charge is 0.502 e. The Morgan fingerprint density at radius 2 is 1.26 bits per heavy atom. The highest BCUT2D eigenvalue weighted by Crippen LogP contribution is 2.31. The topological polar surface area (TPSA) is 196 Å². The van der Waals surface area contributed by atoms with Crippen molar-refractivity contribution in [3.8, 4) is 11.5 Å². The Labute approximate surface area is 194 Å². The van der Waals surface area contributed by atoms with Crippen LogP contribution < -0.4 is 5.32 Å². The van der Waals surface area contributed by atoms with E-state index in [9.17, 15) is 34.9 Å². The Morgan fingerprint density at radius 3 is 1.59 bits per heavy atom. The van der Waals surface area contributed by atoms with Gasteiger partial charge in [-0.25, -0.2) is 4.79 Å². The smallest absolute Gasteiger partial charge is 0.339 e. The van der Waals surface area contributed by atoms with E-state index in [0.29, 0.717) is 13.1 Å². The molecule has 2 fully saturated rings. The molecule has 13 heteroatoms. The van der Waals surface area contributed by atoms with Gasteiger partial charge < -0.3 is 25.5 Å². The van der Waals surface area contributed by atoms with Crippen LogP contribution in [0.25, 0.3) is 0 Å². The SMILES string of the molecule is C.C1CNC1.O=C(O)c1cccc([N+](=O)[O-])c1O.O=C(c1cccc([N+](=O)[O-])c1O)N1CCC1. The zero-order valence-corrected chi connectivity index (χ0v) is 17.3. The van der Waals surface area contributed by atoms with Crippen molar-refractivity contribution in [1.29, 1.82) is 0 Å². The molecule has 0 spiro atoms. The molecule has 0 unspecified atom stereocenters. The minimum Gasteiger partial charge on any atom is -0.502 e. The van der Waals surface area contributed by atoms with Crippen molar-refractivity contribution in [2.24, 2.45) is 0 Å². The van der Waals surface area contributed by atoms with Gasteiger partial charge in [0, 0.05) is 25.2 Å². The quantitative estimate of drug-likeness (QED) is 0.374. The molecule has 13 nitrogen and oxygen atoms in total. The zero-order valence-electron chi connectivity index (χ0n) is 17.3. The minimum atomic E-state index is -1.40. The second-order valence-corrected chi connectivity index (χ2v) is 6.92. The average Bonchev–Trinajstić information content (AvgIpc) is 2.65. The summed E-state index contributed by atoms with van der Waals surface area (Å²) >= 11 is 0. The van der Waals surface area contributed by atoms with Crippen LogP contribution in [-0.4, -0.2) is 68.1 Å². The third kappa shape index (κ3) is 6.87. The number of likely N-dealkylation sites (tertiary alicyclic amines) is 1. The summed E-state index contributed by atoms with van der Waals surface area (Å²) in [7, 11) is 0. The van der Waals surface area contributed by atoms with Gasteiger partial charge in [-0.3, -0.25) is 25.0 Å². The van der Waals surface area contributed by atoms with Gasteiger partial charge >= 0.3 is 17.3 Å². The number of rotatable bonds is 4. The number of carboxylic acids is 1. The Morgan fingerprint density at radius 1 is 0.853 bits per heavy atom. The van der Waals surface area contributed by atoms with E-state index in [1.165, 1.54) is 43.8 Å². The number of hydrogen-bond acceptors (Lipinski definition) is 9. The normalized spacial score (nSPS) is 13.2. The summed E-state index contributed by atoms with van der Waals surface area (Å²) in [6.45, 7) is 3.78. The van der Waals surface area contributed by atoms with Gasteiger partial charge in [0.15, 0.2) is 0 Å². The molecule has 34 heavy (non-hydrogen) atoms. The molecule has 4 rings (SSSR count). The van der Waals surface area contributed by atoms with Gasteiger partial charge in [-0.2, -0.15) is 0 Å². The van der Waals surface area contributed by atoms with E-state index in [4.69, 9.17) is 10.2 Å². The fraction of sp³-hybridized carbons (Fsp3) is 0.333. The fourth-order valence-electron chi connectivity index (χ4n) is 2.57. The average molecular weight is 478 g/mol. The Bertz CT molecular complexity index is 1010. The lowest BCUT2D eigenvalue weighted by molar-refractivity contribution is -0.386. The summed E-state index contributed by atoms with van der Waals surface area (Å²) < 4.78 is 0. The molecule has 2 aliphatic heterocycles. The highest BCUT2D eigenvalue weighted by molar-refractivity contribution is 5.98. The molecule has 0 radical (unpaired) electrons. The summed E-state index contributed by atoms with van der Waals surface area (Å²) in [6.07, 6.45) is 2.32. The number of benzene rings is 2. The van der Waals surface area contributed by atoms with Crippen molar-refractivity contribution in [1.82, 2.24) is 10.2 Å². The van der Waals surface area contributed by atoms with Crippen LogP contribution in [0, 0.1) is 20.2 Å². The lowest BCUT2D eigenvalue weighted by Gasteiger charge is -2.30. The van der Waals surface area contributed by atoms with Gasteiger partial charge in [-0.1, -0.05) is 19.6 Å². The monoisotopic (exact) mass is 478 g/mol. The fourth-order valence-corrected chi connectivity index (χ4v) is 2.57. The van der Waals surface area contributed by atoms with Crippen molar-refractivity contribution in [2.45, 2.75) is 20.3 Å². The van der Waals surface area contributed by atoms with Gasteiger partial charge in [0.05, 0.1) is 15.4 Å². The number of phenolic OH excluding ortho intramolecular Hbond substituents is 1. The Balaban J connectivity index is 0.000000288. The van der Waals surface area contributed by atoms with Crippen LogP contribution in [0.15, 0.2) is 36.4 Å². The van der Waals surface area contributed by atoms with Crippen LogP contribution in [-0.2, 0) is 0 Å². The first-order valence-corrected chi connectivity index (χ1v) is 9.81. The maximum atomic E-state index is 11.8. The predicted molar refractivity (Wildman–Crippen MR) is 121 cm³/mol. The Kier molecular flexibility index (Phi) is 10.4. The standard InChI is InChI=1S/C10H10N2O4.C7H5NO5.C3H7N.CH4/c13-9-7(10(14)11-5-2-6-11)3-1-4-8(9)12(15)16;9-6-4(7(10)11)2-1-3-5(6)8(12)13;1-2-4-3-1;/h1,3-4,13H,2,5-6H2;1-3,9H,(H,10,11);4H,1-3H2;1H4. The van der Waals surface area contributed by atoms with Crippen LogP contribution in [0.2, 0.25) is 0 Å². The van der Waals surface area contributed by atoms with Gasteiger partial charge in [-0.15, -0.1) is 0 Å². The first-order valence-electron chi connectivity index (χ1n) is 9.81. The second kappa shape index (κ2) is 12.7. The van der Waals surface area contributed by atoms with Crippen LogP contribution in [0.3, 0.4) is 0 Å². The number of carboxylic acid groups (broad SMARTS) is 1. The number of nitro groups is 2. The summed E-state index contributed by atoms with van der Waals surface area (Å²) in [5, 5.41) is 51.1. The van der Waals surface area contributed by atoms with Crippen molar-refractivity contribution >= 4 is 23.3 Å². The maximum Gasteiger partial charge on any atom is 0.339 e.